The second-order valence-corrected chi connectivity index (χ2v) is 6.80. The van der Waals surface area contributed by atoms with Gasteiger partial charge < -0.3 is 9.84 Å². The van der Waals surface area contributed by atoms with Gasteiger partial charge in [-0.15, -0.1) is 0 Å². The van der Waals surface area contributed by atoms with Gasteiger partial charge in [0.25, 0.3) is 0 Å². The summed E-state index contributed by atoms with van der Waals surface area (Å²) in [7, 11) is -3.56. The van der Waals surface area contributed by atoms with Crippen LogP contribution < -0.4 is 4.72 Å². The highest BCUT2D eigenvalue weighted by Gasteiger charge is 2.31. The van der Waals surface area contributed by atoms with E-state index in [1.54, 1.807) is 12.1 Å². The highest BCUT2D eigenvalue weighted by Crippen LogP contribution is 2.24. The normalized spacial score (nSPS) is 23.7. The van der Waals surface area contributed by atoms with E-state index in [1.807, 2.05) is 6.92 Å². The molecule has 0 aliphatic carbocycles. The van der Waals surface area contributed by atoms with Gasteiger partial charge in [0.2, 0.25) is 10.0 Å². The molecule has 2 rings (SSSR count). The summed E-state index contributed by atoms with van der Waals surface area (Å²) in [5.74, 6) is 0. The van der Waals surface area contributed by atoms with Gasteiger partial charge in [0.05, 0.1) is 17.1 Å². The number of rotatable bonds is 5. The van der Waals surface area contributed by atoms with Crippen molar-refractivity contribution in [1.29, 1.82) is 0 Å². The maximum absolute atomic E-state index is 12.2. The lowest BCUT2D eigenvalue weighted by Gasteiger charge is -2.23. The van der Waals surface area contributed by atoms with Gasteiger partial charge in [0.1, 0.15) is 0 Å². The monoisotopic (exact) mass is 285 g/mol. The lowest BCUT2D eigenvalue weighted by Crippen LogP contribution is -2.40. The summed E-state index contributed by atoms with van der Waals surface area (Å²) in [5, 5.41) is 9.04. The summed E-state index contributed by atoms with van der Waals surface area (Å²) in [6.07, 6.45) is 1.81. The average molecular weight is 285 g/mol. The van der Waals surface area contributed by atoms with Gasteiger partial charge >= 0.3 is 0 Å². The van der Waals surface area contributed by atoms with Crippen molar-refractivity contribution < 1.29 is 18.3 Å². The molecule has 0 radical (unpaired) electrons. The average Bonchev–Trinajstić information content (AvgIpc) is 2.84. The quantitative estimate of drug-likeness (QED) is 0.847. The lowest BCUT2D eigenvalue weighted by molar-refractivity contribution is 0.0250. The summed E-state index contributed by atoms with van der Waals surface area (Å²) in [6.45, 7) is 2.67. The third-order valence-corrected chi connectivity index (χ3v) is 4.73. The van der Waals surface area contributed by atoms with Gasteiger partial charge in [-0.1, -0.05) is 12.1 Å². The molecule has 1 heterocycles. The Labute approximate surface area is 113 Å². The zero-order valence-electron chi connectivity index (χ0n) is 10.9. The van der Waals surface area contributed by atoms with E-state index in [2.05, 4.69) is 4.72 Å². The first-order valence-electron chi connectivity index (χ1n) is 6.29. The Morgan fingerprint density at radius 2 is 2.26 bits per heavy atom. The van der Waals surface area contributed by atoms with Crippen molar-refractivity contribution in [3.8, 4) is 0 Å². The van der Waals surface area contributed by atoms with E-state index in [9.17, 15) is 8.42 Å². The summed E-state index contributed by atoms with van der Waals surface area (Å²) in [4.78, 5) is 0.167. The molecular formula is C13H19NO4S. The predicted octanol–water partition coefficient (Wildman–Crippen LogP) is 1.03. The van der Waals surface area contributed by atoms with E-state index in [-0.39, 0.29) is 18.0 Å². The molecule has 0 spiro atoms. The molecule has 1 aliphatic heterocycles. The zero-order chi connectivity index (χ0) is 13.9. The van der Waals surface area contributed by atoms with E-state index in [4.69, 9.17) is 9.84 Å². The minimum Gasteiger partial charge on any atom is -0.392 e. The Morgan fingerprint density at radius 3 is 2.89 bits per heavy atom. The second kappa shape index (κ2) is 5.58. The van der Waals surface area contributed by atoms with Crippen molar-refractivity contribution in [3.63, 3.8) is 0 Å². The minimum absolute atomic E-state index is 0.167. The molecule has 19 heavy (non-hydrogen) atoms. The van der Waals surface area contributed by atoms with Crippen molar-refractivity contribution in [1.82, 2.24) is 4.72 Å². The Kier molecular flexibility index (Phi) is 4.25. The van der Waals surface area contributed by atoms with Gasteiger partial charge in [0.15, 0.2) is 0 Å². The Morgan fingerprint density at radius 1 is 1.47 bits per heavy atom. The molecule has 2 N–H and O–H groups in total. The number of sulfonamides is 1. The molecule has 0 bridgehead atoms. The summed E-state index contributed by atoms with van der Waals surface area (Å²) in [6, 6.07) is 6.29. The Hall–Kier alpha value is -0.950. The minimum atomic E-state index is -3.56. The van der Waals surface area contributed by atoms with E-state index >= 15 is 0 Å². The van der Waals surface area contributed by atoms with Crippen LogP contribution in [0.1, 0.15) is 25.3 Å². The van der Waals surface area contributed by atoms with Crippen molar-refractivity contribution in [2.75, 3.05) is 13.2 Å². The summed E-state index contributed by atoms with van der Waals surface area (Å²) >= 11 is 0. The van der Waals surface area contributed by atoms with Crippen molar-refractivity contribution in [3.05, 3.63) is 29.8 Å². The van der Waals surface area contributed by atoms with Crippen LogP contribution in [0.4, 0.5) is 0 Å². The maximum atomic E-state index is 12.2. The number of aliphatic hydroxyl groups excluding tert-OH is 1. The van der Waals surface area contributed by atoms with E-state index in [0.29, 0.717) is 12.2 Å². The van der Waals surface area contributed by atoms with Gasteiger partial charge in [0, 0.05) is 13.2 Å². The van der Waals surface area contributed by atoms with Crippen LogP contribution in [0.25, 0.3) is 0 Å². The van der Waals surface area contributed by atoms with E-state index < -0.39 is 15.6 Å². The van der Waals surface area contributed by atoms with Crippen LogP contribution in [0.5, 0.6) is 0 Å². The molecule has 1 aliphatic rings. The fraction of sp³-hybridized carbons (Fsp3) is 0.538. The highest BCUT2D eigenvalue weighted by molar-refractivity contribution is 7.89. The third-order valence-electron chi connectivity index (χ3n) is 3.33. The SMILES string of the molecule is CC1(CNS(=O)(=O)c2cccc(CO)c2)CCCO1. The van der Waals surface area contributed by atoms with E-state index in [0.717, 1.165) is 12.8 Å². The molecule has 1 saturated heterocycles. The predicted molar refractivity (Wildman–Crippen MR) is 71.1 cm³/mol. The fourth-order valence-corrected chi connectivity index (χ4v) is 3.34. The topological polar surface area (TPSA) is 75.6 Å². The molecule has 0 saturated carbocycles. The van der Waals surface area contributed by atoms with Crippen LogP contribution in [0.2, 0.25) is 0 Å². The lowest BCUT2D eigenvalue weighted by atomic mass is 10.0. The van der Waals surface area contributed by atoms with Crippen LogP contribution in [0, 0.1) is 0 Å². The molecule has 5 nitrogen and oxygen atoms in total. The van der Waals surface area contributed by atoms with Crippen molar-refractivity contribution >= 4 is 10.0 Å². The number of nitrogens with one attached hydrogen (secondary N) is 1. The standard InChI is InChI=1S/C13H19NO4S/c1-13(6-3-7-18-13)10-14-19(16,17)12-5-2-4-11(8-12)9-15/h2,4-5,8,14-15H,3,6-7,9-10H2,1H3. The number of aliphatic hydroxyl groups is 1. The zero-order valence-corrected chi connectivity index (χ0v) is 11.7. The number of hydrogen-bond acceptors (Lipinski definition) is 4. The Bertz CT molecular complexity index is 535. The molecule has 0 aromatic heterocycles. The molecule has 6 heteroatoms. The van der Waals surface area contributed by atoms with Crippen LogP contribution in [0.15, 0.2) is 29.2 Å². The fourth-order valence-electron chi connectivity index (χ4n) is 2.12. The first-order valence-corrected chi connectivity index (χ1v) is 7.77. The van der Waals surface area contributed by atoms with Gasteiger partial charge in [-0.3, -0.25) is 0 Å². The Balaban J connectivity index is 2.09. The van der Waals surface area contributed by atoms with Gasteiger partial charge in [-0.2, -0.15) is 0 Å². The second-order valence-electron chi connectivity index (χ2n) is 5.03. The molecule has 1 atom stereocenters. The van der Waals surface area contributed by atoms with Crippen molar-refractivity contribution in [2.45, 2.75) is 36.9 Å². The molecule has 106 valence electrons. The van der Waals surface area contributed by atoms with Gasteiger partial charge in [-0.25, -0.2) is 13.1 Å². The summed E-state index contributed by atoms with van der Waals surface area (Å²) < 4.78 is 32.4. The number of ether oxygens (including phenoxy) is 1. The van der Waals surface area contributed by atoms with Gasteiger partial charge in [-0.05, 0) is 37.5 Å². The first-order chi connectivity index (χ1) is 8.95. The van der Waals surface area contributed by atoms with Crippen LogP contribution in [0.3, 0.4) is 0 Å². The molecule has 1 aromatic carbocycles. The molecule has 1 fully saturated rings. The van der Waals surface area contributed by atoms with Crippen LogP contribution in [-0.2, 0) is 21.4 Å². The number of hydrogen-bond donors (Lipinski definition) is 2. The molecular weight excluding hydrogens is 266 g/mol. The maximum Gasteiger partial charge on any atom is 0.240 e. The molecule has 1 unspecified atom stereocenters. The van der Waals surface area contributed by atoms with E-state index in [1.165, 1.54) is 12.1 Å². The summed E-state index contributed by atoms with van der Waals surface area (Å²) in [5.41, 5.74) is 0.160. The first kappa shape index (κ1) is 14.5. The van der Waals surface area contributed by atoms with Crippen LogP contribution in [-0.4, -0.2) is 32.3 Å². The number of benzene rings is 1. The largest absolute Gasteiger partial charge is 0.392 e. The molecule has 0 amide bonds. The highest BCUT2D eigenvalue weighted by atomic mass is 32.2. The smallest absolute Gasteiger partial charge is 0.240 e. The van der Waals surface area contributed by atoms with Crippen LogP contribution >= 0.6 is 0 Å². The van der Waals surface area contributed by atoms with Crippen molar-refractivity contribution in [2.24, 2.45) is 0 Å². The molecule has 1 aromatic rings. The third kappa shape index (κ3) is 3.54.